The third-order valence-electron chi connectivity index (χ3n) is 6.97. The van der Waals surface area contributed by atoms with E-state index >= 15 is 0 Å². The molecule has 0 bridgehead atoms. The molecule has 4 heterocycles. The van der Waals surface area contributed by atoms with Gasteiger partial charge < -0.3 is 4.90 Å². The lowest BCUT2D eigenvalue weighted by molar-refractivity contribution is 0.0858. The Hall–Kier alpha value is -2.79. The second-order valence-corrected chi connectivity index (χ2v) is 9.07. The van der Waals surface area contributed by atoms with Crippen molar-refractivity contribution >= 4 is 16.9 Å². The van der Waals surface area contributed by atoms with Crippen molar-refractivity contribution in [2.24, 2.45) is 5.92 Å². The standard InChI is InChI=1S/C25H26N4O.H2/c1-28-11-8-17(9-12-28)25(30)21-15-26-29-13-10-18(14-24(21)29)19-4-7-23-20(19)5-6-22(27-23)16-2-3-16;/h4-6,10,13-17H,2-3,7-9,11-12H2,1H3;1H. The van der Waals surface area contributed by atoms with Gasteiger partial charge in [-0.3, -0.25) is 9.78 Å². The van der Waals surface area contributed by atoms with Gasteiger partial charge in [0.1, 0.15) is 0 Å². The van der Waals surface area contributed by atoms with E-state index in [-0.39, 0.29) is 13.1 Å². The monoisotopic (exact) mass is 400 g/mol. The third kappa shape index (κ3) is 3.00. The average molecular weight is 401 g/mol. The van der Waals surface area contributed by atoms with Crippen molar-refractivity contribution in [3.63, 3.8) is 0 Å². The molecule has 3 aromatic rings. The first-order valence-corrected chi connectivity index (χ1v) is 11.1. The highest BCUT2D eigenvalue weighted by Crippen LogP contribution is 2.41. The molecule has 0 unspecified atom stereocenters. The fraction of sp³-hybridized carbons (Fsp3) is 0.400. The van der Waals surface area contributed by atoms with Crippen LogP contribution in [0.4, 0.5) is 0 Å². The number of aromatic nitrogens is 3. The van der Waals surface area contributed by atoms with Gasteiger partial charge in [-0.15, -0.1) is 0 Å². The Bertz CT molecular complexity index is 1190. The minimum atomic E-state index is 0. The highest BCUT2D eigenvalue weighted by molar-refractivity contribution is 6.04. The molecular formula is C25H28N4O. The van der Waals surface area contributed by atoms with Gasteiger partial charge in [0.15, 0.2) is 5.78 Å². The molecule has 3 aliphatic rings. The van der Waals surface area contributed by atoms with Gasteiger partial charge in [0.05, 0.1) is 23.0 Å². The lowest BCUT2D eigenvalue weighted by Crippen LogP contribution is -2.33. The molecule has 2 aliphatic carbocycles. The van der Waals surface area contributed by atoms with Crippen LogP contribution in [0.1, 0.15) is 65.9 Å². The van der Waals surface area contributed by atoms with E-state index in [0.717, 1.165) is 49.0 Å². The van der Waals surface area contributed by atoms with Crippen LogP contribution < -0.4 is 0 Å². The maximum Gasteiger partial charge on any atom is 0.169 e. The van der Waals surface area contributed by atoms with E-state index in [1.165, 1.54) is 35.4 Å². The molecule has 0 amide bonds. The number of pyridine rings is 2. The van der Waals surface area contributed by atoms with Crippen LogP contribution in [-0.2, 0) is 6.42 Å². The summed E-state index contributed by atoms with van der Waals surface area (Å²) in [4.78, 5) is 20.4. The number of hydrogen-bond acceptors (Lipinski definition) is 4. The van der Waals surface area contributed by atoms with E-state index in [1.54, 1.807) is 6.20 Å². The van der Waals surface area contributed by atoms with Gasteiger partial charge in [-0.25, -0.2) is 4.52 Å². The van der Waals surface area contributed by atoms with E-state index in [4.69, 9.17) is 4.98 Å². The molecule has 2 fully saturated rings. The van der Waals surface area contributed by atoms with Crippen LogP contribution in [0.15, 0.2) is 42.7 Å². The summed E-state index contributed by atoms with van der Waals surface area (Å²) in [7, 11) is 2.12. The maximum atomic E-state index is 13.2. The second-order valence-electron chi connectivity index (χ2n) is 9.07. The number of likely N-dealkylation sites (tertiary alicyclic amines) is 1. The maximum absolute atomic E-state index is 13.2. The van der Waals surface area contributed by atoms with Gasteiger partial charge >= 0.3 is 0 Å². The summed E-state index contributed by atoms with van der Waals surface area (Å²) < 4.78 is 1.83. The lowest BCUT2D eigenvalue weighted by Gasteiger charge is -2.27. The topological polar surface area (TPSA) is 50.5 Å². The Morgan fingerprint density at radius 3 is 2.77 bits per heavy atom. The molecule has 6 rings (SSSR count). The average Bonchev–Trinajstić information content (AvgIpc) is 3.40. The zero-order valence-corrected chi connectivity index (χ0v) is 17.3. The first kappa shape index (κ1) is 18.0. The number of nitrogens with zero attached hydrogens (tertiary/aromatic N) is 4. The number of hydrogen-bond donors (Lipinski definition) is 0. The molecule has 1 saturated heterocycles. The summed E-state index contributed by atoms with van der Waals surface area (Å²) in [6.07, 6.45) is 11.3. The van der Waals surface area contributed by atoms with Gasteiger partial charge in [0.2, 0.25) is 0 Å². The summed E-state index contributed by atoms with van der Waals surface area (Å²) in [6.45, 7) is 1.97. The first-order chi connectivity index (χ1) is 14.7. The minimum absolute atomic E-state index is 0. The van der Waals surface area contributed by atoms with Gasteiger partial charge in [0, 0.05) is 37.1 Å². The highest BCUT2D eigenvalue weighted by atomic mass is 16.1. The fourth-order valence-corrected chi connectivity index (χ4v) is 4.94. The molecule has 0 radical (unpaired) electrons. The quantitative estimate of drug-likeness (QED) is 0.611. The predicted octanol–water partition coefficient (Wildman–Crippen LogP) is 4.37. The van der Waals surface area contributed by atoms with Crippen LogP contribution >= 0.6 is 0 Å². The normalized spacial score (nSPS) is 19.8. The van der Waals surface area contributed by atoms with Crippen LogP contribution in [0.2, 0.25) is 0 Å². The van der Waals surface area contributed by atoms with Gasteiger partial charge in [0.25, 0.3) is 0 Å². The number of carbonyl (C=O) groups is 1. The highest BCUT2D eigenvalue weighted by Gasteiger charge is 2.28. The number of Topliss-reactive ketones (excluding diaryl/α,β-unsaturated/α-hetero) is 1. The van der Waals surface area contributed by atoms with Crippen molar-refractivity contribution in [3.05, 3.63) is 70.8 Å². The third-order valence-corrected chi connectivity index (χ3v) is 6.97. The number of carbonyl (C=O) groups excluding carboxylic acids is 1. The number of allylic oxidation sites excluding steroid dienone is 1. The van der Waals surface area contributed by atoms with Gasteiger partial charge in [-0.05, 0) is 75.2 Å². The molecule has 0 aromatic carbocycles. The Morgan fingerprint density at radius 2 is 1.97 bits per heavy atom. The van der Waals surface area contributed by atoms with E-state index < -0.39 is 0 Å². The summed E-state index contributed by atoms with van der Waals surface area (Å²) in [5, 5.41) is 4.45. The summed E-state index contributed by atoms with van der Waals surface area (Å²) in [5.41, 5.74) is 7.69. The van der Waals surface area contributed by atoms with Crippen molar-refractivity contribution in [1.29, 1.82) is 0 Å². The molecule has 3 aromatic heterocycles. The Kier molecular flexibility index (Phi) is 4.13. The zero-order valence-electron chi connectivity index (χ0n) is 17.3. The van der Waals surface area contributed by atoms with Crippen LogP contribution in [0.3, 0.4) is 0 Å². The van der Waals surface area contributed by atoms with Gasteiger partial charge in [-0.2, -0.15) is 5.10 Å². The molecule has 1 aliphatic heterocycles. The first-order valence-electron chi connectivity index (χ1n) is 11.1. The molecule has 1 saturated carbocycles. The molecule has 0 N–H and O–H groups in total. The van der Waals surface area contributed by atoms with Crippen LogP contribution in [0.25, 0.3) is 11.1 Å². The largest absolute Gasteiger partial charge is 0.306 e. The Morgan fingerprint density at radius 1 is 1.13 bits per heavy atom. The number of piperidine rings is 1. The molecule has 30 heavy (non-hydrogen) atoms. The number of fused-ring (bicyclic) bond motifs is 2. The van der Waals surface area contributed by atoms with Crippen LogP contribution in [0, 0.1) is 5.92 Å². The van der Waals surface area contributed by atoms with Crippen LogP contribution in [0.5, 0.6) is 0 Å². The Balaban J connectivity index is 0.00000204. The predicted molar refractivity (Wildman–Crippen MR) is 119 cm³/mol. The molecule has 0 spiro atoms. The van der Waals surface area contributed by atoms with E-state index in [1.807, 2.05) is 10.7 Å². The SMILES string of the molecule is CN1CCC(C(=O)c2cnn3ccc(C4=CCc5nc(C6CC6)ccc54)cc23)CC1.[HH]. The summed E-state index contributed by atoms with van der Waals surface area (Å²) >= 11 is 0. The van der Waals surface area contributed by atoms with Crippen molar-refractivity contribution in [1.82, 2.24) is 19.5 Å². The van der Waals surface area contributed by atoms with Crippen molar-refractivity contribution in [2.45, 2.75) is 38.0 Å². The summed E-state index contributed by atoms with van der Waals surface area (Å²) in [6, 6.07) is 8.66. The number of rotatable bonds is 4. The second kappa shape index (κ2) is 6.88. The summed E-state index contributed by atoms with van der Waals surface area (Å²) in [5.74, 6) is 1.02. The van der Waals surface area contributed by atoms with Crippen LogP contribution in [-0.4, -0.2) is 45.4 Å². The fourth-order valence-electron chi connectivity index (χ4n) is 4.94. The molecule has 0 atom stereocenters. The molecular weight excluding hydrogens is 372 g/mol. The van der Waals surface area contributed by atoms with E-state index in [2.05, 4.69) is 47.4 Å². The molecule has 154 valence electrons. The Labute approximate surface area is 177 Å². The van der Waals surface area contributed by atoms with Crippen molar-refractivity contribution < 1.29 is 6.22 Å². The van der Waals surface area contributed by atoms with E-state index in [9.17, 15) is 4.79 Å². The molecule has 5 heteroatoms. The smallest absolute Gasteiger partial charge is 0.169 e. The zero-order chi connectivity index (χ0) is 20.2. The van der Waals surface area contributed by atoms with Crippen molar-refractivity contribution in [3.8, 4) is 0 Å². The molecule has 5 nitrogen and oxygen atoms in total. The minimum Gasteiger partial charge on any atom is -0.306 e. The lowest BCUT2D eigenvalue weighted by atomic mass is 9.89. The van der Waals surface area contributed by atoms with Crippen molar-refractivity contribution in [2.75, 3.05) is 20.1 Å². The van der Waals surface area contributed by atoms with Gasteiger partial charge in [-0.1, -0.05) is 12.1 Å². The number of ketones is 1. The van der Waals surface area contributed by atoms with E-state index in [0.29, 0.717) is 5.92 Å².